The Hall–Kier alpha value is -1.39. The maximum atomic E-state index is 12.2. The Balaban J connectivity index is 1.98. The van der Waals surface area contributed by atoms with E-state index < -0.39 is 0 Å². The highest BCUT2D eigenvalue weighted by Crippen LogP contribution is 2.23. The molecule has 1 fully saturated rings. The highest BCUT2D eigenvalue weighted by atomic mass is 16.3. The van der Waals surface area contributed by atoms with Gasteiger partial charge in [0.15, 0.2) is 5.78 Å². The predicted octanol–water partition coefficient (Wildman–Crippen LogP) is 1.49. The van der Waals surface area contributed by atoms with Crippen LogP contribution in [0.2, 0.25) is 0 Å². The van der Waals surface area contributed by atoms with Gasteiger partial charge in [0.05, 0.1) is 0 Å². The Morgan fingerprint density at radius 2 is 1.95 bits per heavy atom. The molecule has 2 N–H and O–H groups in total. The number of hydrogen-bond acceptors (Lipinski definition) is 4. The van der Waals surface area contributed by atoms with Crippen LogP contribution < -0.4 is 5.32 Å². The fourth-order valence-corrected chi connectivity index (χ4v) is 2.44. The second-order valence-corrected chi connectivity index (χ2v) is 5.15. The third-order valence-electron chi connectivity index (χ3n) is 3.92. The Bertz CT molecular complexity index is 465. The maximum absolute atomic E-state index is 12.2. The number of phenols is 1. The molecule has 1 heterocycles. The van der Waals surface area contributed by atoms with Gasteiger partial charge >= 0.3 is 0 Å². The van der Waals surface area contributed by atoms with E-state index in [1.165, 1.54) is 0 Å². The lowest BCUT2D eigenvalue weighted by molar-refractivity contribution is 0.0960. The number of rotatable bonds is 4. The van der Waals surface area contributed by atoms with Crippen LogP contribution >= 0.6 is 0 Å². The van der Waals surface area contributed by atoms with E-state index >= 15 is 0 Å². The summed E-state index contributed by atoms with van der Waals surface area (Å²) >= 11 is 0. The summed E-state index contributed by atoms with van der Waals surface area (Å²) in [5.74, 6) is 0.426. The molecule has 1 aliphatic heterocycles. The summed E-state index contributed by atoms with van der Waals surface area (Å²) in [7, 11) is 0. The first kappa shape index (κ1) is 14.0. The van der Waals surface area contributed by atoms with E-state index in [9.17, 15) is 9.90 Å². The number of aromatic hydroxyl groups is 1. The van der Waals surface area contributed by atoms with Crippen molar-refractivity contribution in [3.8, 4) is 5.75 Å². The number of phenolic OH excluding ortho intramolecular Hbond substituents is 1. The van der Waals surface area contributed by atoms with Crippen molar-refractivity contribution in [2.75, 3.05) is 32.7 Å². The number of nitrogens with one attached hydrogen (secondary N) is 1. The zero-order valence-corrected chi connectivity index (χ0v) is 11.7. The maximum Gasteiger partial charge on any atom is 0.164 e. The Morgan fingerprint density at radius 1 is 1.26 bits per heavy atom. The number of piperazine rings is 1. The minimum Gasteiger partial charge on any atom is -0.508 e. The van der Waals surface area contributed by atoms with Crippen molar-refractivity contribution in [3.05, 3.63) is 28.8 Å². The first-order valence-electron chi connectivity index (χ1n) is 6.85. The SMILES string of the molecule is Cc1c(O)ccc(C(=O)CCN2CCNCC2)c1C. The molecule has 0 unspecified atom stereocenters. The molecular formula is C15H22N2O2. The van der Waals surface area contributed by atoms with Gasteiger partial charge < -0.3 is 15.3 Å². The molecule has 19 heavy (non-hydrogen) atoms. The summed E-state index contributed by atoms with van der Waals surface area (Å²) in [5, 5.41) is 12.9. The van der Waals surface area contributed by atoms with Crippen molar-refractivity contribution in [2.24, 2.45) is 0 Å². The molecule has 0 atom stereocenters. The van der Waals surface area contributed by atoms with Gasteiger partial charge in [-0.15, -0.1) is 0 Å². The van der Waals surface area contributed by atoms with E-state index in [0.717, 1.165) is 49.4 Å². The molecular weight excluding hydrogens is 240 g/mol. The lowest BCUT2D eigenvalue weighted by Crippen LogP contribution is -2.44. The van der Waals surface area contributed by atoms with Crippen LogP contribution in [0.4, 0.5) is 0 Å². The van der Waals surface area contributed by atoms with Crippen LogP contribution in [0.1, 0.15) is 27.9 Å². The number of carbonyl (C=O) groups is 1. The van der Waals surface area contributed by atoms with Crippen molar-refractivity contribution >= 4 is 5.78 Å². The van der Waals surface area contributed by atoms with Gasteiger partial charge in [-0.2, -0.15) is 0 Å². The van der Waals surface area contributed by atoms with Crippen LogP contribution in [-0.2, 0) is 0 Å². The molecule has 4 nitrogen and oxygen atoms in total. The monoisotopic (exact) mass is 262 g/mol. The second-order valence-electron chi connectivity index (χ2n) is 5.15. The number of carbonyl (C=O) groups excluding carboxylic acids is 1. The Morgan fingerprint density at radius 3 is 2.63 bits per heavy atom. The van der Waals surface area contributed by atoms with Crippen LogP contribution in [-0.4, -0.2) is 48.5 Å². The average Bonchev–Trinajstić information content (AvgIpc) is 2.43. The largest absolute Gasteiger partial charge is 0.508 e. The highest BCUT2D eigenvalue weighted by molar-refractivity contribution is 5.98. The molecule has 1 saturated heterocycles. The fourth-order valence-electron chi connectivity index (χ4n) is 2.44. The molecule has 0 spiro atoms. The van der Waals surface area contributed by atoms with Crippen LogP contribution in [0.15, 0.2) is 12.1 Å². The van der Waals surface area contributed by atoms with E-state index in [-0.39, 0.29) is 11.5 Å². The van der Waals surface area contributed by atoms with E-state index in [4.69, 9.17) is 0 Å². The Kier molecular flexibility index (Phi) is 4.56. The summed E-state index contributed by atoms with van der Waals surface area (Å²) in [6.07, 6.45) is 0.547. The lowest BCUT2D eigenvalue weighted by atomic mass is 9.98. The second kappa shape index (κ2) is 6.17. The summed E-state index contributed by atoms with van der Waals surface area (Å²) < 4.78 is 0. The van der Waals surface area contributed by atoms with Gasteiger partial charge in [-0.05, 0) is 37.1 Å². The van der Waals surface area contributed by atoms with Gasteiger partial charge in [-0.1, -0.05) is 0 Å². The number of Topliss-reactive ketones (excluding diaryl/α,β-unsaturated/α-hetero) is 1. The van der Waals surface area contributed by atoms with Crippen molar-refractivity contribution in [1.29, 1.82) is 0 Å². The normalized spacial score (nSPS) is 16.5. The molecule has 1 aromatic rings. The van der Waals surface area contributed by atoms with Crippen molar-refractivity contribution in [3.63, 3.8) is 0 Å². The summed E-state index contributed by atoms with van der Waals surface area (Å²) in [6, 6.07) is 3.35. The first-order chi connectivity index (χ1) is 9.09. The van der Waals surface area contributed by atoms with Gasteiger partial charge in [-0.25, -0.2) is 0 Å². The Labute approximate surface area is 114 Å². The number of nitrogens with zero attached hydrogens (tertiary/aromatic N) is 1. The lowest BCUT2D eigenvalue weighted by Gasteiger charge is -2.26. The fraction of sp³-hybridized carbons (Fsp3) is 0.533. The van der Waals surface area contributed by atoms with E-state index in [2.05, 4.69) is 10.2 Å². The summed E-state index contributed by atoms with van der Waals surface area (Å²) in [5.41, 5.74) is 2.43. The molecule has 1 aromatic carbocycles. The first-order valence-corrected chi connectivity index (χ1v) is 6.85. The summed E-state index contributed by atoms with van der Waals surface area (Å²) in [4.78, 5) is 14.6. The van der Waals surface area contributed by atoms with E-state index in [0.29, 0.717) is 6.42 Å². The minimum atomic E-state index is 0.166. The van der Waals surface area contributed by atoms with Crippen molar-refractivity contribution in [2.45, 2.75) is 20.3 Å². The highest BCUT2D eigenvalue weighted by Gasteiger charge is 2.15. The molecule has 0 aromatic heterocycles. The minimum absolute atomic E-state index is 0.166. The predicted molar refractivity (Wildman–Crippen MR) is 75.8 cm³/mol. The molecule has 0 radical (unpaired) electrons. The van der Waals surface area contributed by atoms with Gasteiger partial charge in [0, 0.05) is 44.7 Å². The molecule has 0 aliphatic carbocycles. The van der Waals surface area contributed by atoms with Crippen LogP contribution in [0.3, 0.4) is 0 Å². The van der Waals surface area contributed by atoms with Gasteiger partial charge in [-0.3, -0.25) is 4.79 Å². The molecule has 4 heteroatoms. The summed E-state index contributed by atoms with van der Waals surface area (Å²) in [6.45, 7) is 8.60. The number of benzene rings is 1. The van der Waals surface area contributed by atoms with E-state index in [1.54, 1.807) is 12.1 Å². The smallest absolute Gasteiger partial charge is 0.164 e. The number of hydrogen-bond donors (Lipinski definition) is 2. The van der Waals surface area contributed by atoms with Gasteiger partial charge in [0.2, 0.25) is 0 Å². The van der Waals surface area contributed by atoms with Gasteiger partial charge in [0.1, 0.15) is 5.75 Å². The third-order valence-corrected chi connectivity index (χ3v) is 3.92. The van der Waals surface area contributed by atoms with Crippen molar-refractivity contribution in [1.82, 2.24) is 10.2 Å². The zero-order chi connectivity index (χ0) is 13.8. The van der Waals surface area contributed by atoms with Crippen LogP contribution in [0, 0.1) is 13.8 Å². The molecule has 0 amide bonds. The topological polar surface area (TPSA) is 52.6 Å². The molecule has 2 rings (SSSR count). The molecule has 0 saturated carbocycles. The van der Waals surface area contributed by atoms with Crippen LogP contribution in [0.25, 0.3) is 0 Å². The van der Waals surface area contributed by atoms with Crippen molar-refractivity contribution < 1.29 is 9.90 Å². The molecule has 1 aliphatic rings. The quantitative estimate of drug-likeness (QED) is 0.807. The molecule has 0 bridgehead atoms. The standard InChI is InChI=1S/C15H22N2O2/c1-11-12(2)14(18)4-3-13(11)15(19)5-8-17-9-6-16-7-10-17/h3-4,16,18H,5-10H2,1-2H3. The van der Waals surface area contributed by atoms with Gasteiger partial charge in [0.25, 0.3) is 0 Å². The number of ketones is 1. The average molecular weight is 262 g/mol. The molecule has 104 valence electrons. The van der Waals surface area contributed by atoms with E-state index in [1.807, 2.05) is 13.8 Å². The zero-order valence-electron chi connectivity index (χ0n) is 11.7. The van der Waals surface area contributed by atoms with Crippen LogP contribution in [0.5, 0.6) is 5.75 Å². The third kappa shape index (κ3) is 3.33.